The molecule has 0 amide bonds. The van der Waals surface area contributed by atoms with Crippen LogP contribution in [0.3, 0.4) is 0 Å². The monoisotopic (exact) mass is 266 g/mol. The van der Waals surface area contributed by atoms with Gasteiger partial charge >= 0.3 is 0 Å². The zero-order valence-electron chi connectivity index (χ0n) is 13.2. The first-order chi connectivity index (χ1) is 9.31. The highest BCUT2D eigenvalue weighted by molar-refractivity contribution is 4.84. The third-order valence-corrected chi connectivity index (χ3v) is 5.29. The summed E-state index contributed by atoms with van der Waals surface area (Å²) in [5.74, 6) is 0.946. The molecule has 112 valence electrons. The van der Waals surface area contributed by atoms with Gasteiger partial charge in [-0.05, 0) is 71.0 Å². The summed E-state index contributed by atoms with van der Waals surface area (Å²) in [7, 11) is 0. The lowest BCUT2D eigenvalue weighted by Crippen LogP contribution is -2.38. The van der Waals surface area contributed by atoms with Gasteiger partial charge in [0.1, 0.15) is 0 Å². The Balaban J connectivity index is 1.73. The molecule has 0 radical (unpaired) electrons. The van der Waals surface area contributed by atoms with Crippen molar-refractivity contribution in [3.63, 3.8) is 0 Å². The van der Waals surface area contributed by atoms with Crippen LogP contribution in [0.1, 0.15) is 71.6 Å². The molecule has 2 rings (SSSR count). The van der Waals surface area contributed by atoms with Crippen LogP contribution >= 0.6 is 0 Å². The van der Waals surface area contributed by atoms with Gasteiger partial charge in [-0.2, -0.15) is 0 Å². The van der Waals surface area contributed by atoms with E-state index >= 15 is 0 Å². The lowest BCUT2D eigenvalue weighted by atomic mass is 9.98. The average molecular weight is 266 g/mol. The van der Waals surface area contributed by atoms with Crippen LogP contribution in [0.4, 0.5) is 0 Å². The van der Waals surface area contributed by atoms with Gasteiger partial charge in [-0.1, -0.05) is 26.2 Å². The molecule has 1 heterocycles. The van der Waals surface area contributed by atoms with Crippen molar-refractivity contribution >= 4 is 0 Å². The van der Waals surface area contributed by atoms with E-state index in [2.05, 4.69) is 24.1 Å². The molecular weight excluding hydrogens is 232 g/mol. The molecule has 19 heavy (non-hydrogen) atoms. The Morgan fingerprint density at radius 3 is 2.79 bits per heavy atom. The summed E-state index contributed by atoms with van der Waals surface area (Å²) in [5.41, 5.74) is 0. The highest BCUT2D eigenvalue weighted by Gasteiger charge is 2.27. The van der Waals surface area contributed by atoms with E-state index in [1.807, 2.05) is 0 Å². The molecule has 3 atom stereocenters. The summed E-state index contributed by atoms with van der Waals surface area (Å²) in [4.78, 5) is 2.77. The van der Waals surface area contributed by atoms with Crippen molar-refractivity contribution in [3.05, 3.63) is 0 Å². The standard InChI is InChI=1S/C17H34N2/c1-3-12-18-17-10-7-9-16(17)11-14-19-13-6-4-5-8-15(19)2/h15-18H,3-14H2,1-2H3. The molecule has 0 aromatic rings. The molecule has 1 aliphatic heterocycles. The maximum atomic E-state index is 3.77. The van der Waals surface area contributed by atoms with Crippen LogP contribution in [0.15, 0.2) is 0 Å². The van der Waals surface area contributed by atoms with Gasteiger partial charge in [-0.15, -0.1) is 0 Å². The van der Waals surface area contributed by atoms with Crippen LogP contribution in [0.2, 0.25) is 0 Å². The molecule has 0 spiro atoms. The maximum absolute atomic E-state index is 3.77. The van der Waals surface area contributed by atoms with E-state index in [0.29, 0.717) is 0 Å². The molecule has 2 nitrogen and oxygen atoms in total. The van der Waals surface area contributed by atoms with E-state index in [1.165, 1.54) is 77.4 Å². The van der Waals surface area contributed by atoms with Crippen LogP contribution in [-0.4, -0.2) is 36.6 Å². The summed E-state index contributed by atoms with van der Waals surface area (Å²) in [6.07, 6.45) is 12.8. The van der Waals surface area contributed by atoms with E-state index in [0.717, 1.165) is 18.0 Å². The number of likely N-dealkylation sites (tertiary alicyclic amines) is 1. The van der Waals surface area contributed by atoms with E-state index in [9.17, 15) is 0 Å². The number of nitrogens with one attached hydrogen (secondary N) is 1. The minimum absolute atomic E-state index is 0.822. The third-order valence-electron chi connectivity index (χ3n) is 5.29. The molecule has 1 aliphatic carbocycles. The molecule has 1 saturated heterocycles. The van der Waals surface area contributed by atoms with Crippen molar-refractivity contribution in [1.29, 1.82) is 0 Å². The Hall–Kier alpha value is -0.0800. The predicted molar refractivity (Wildman–Crippen MR) is 83.5 cm³/mol. The minimum Gasteiger partial charge on any atom is -0.314 e. The largest absolute Gasteiger partial charge is 0.314 e. The van der Waals surface area contributed by atoms with Gasteiger partial charge in [0.05, 0.1) is 0 Å². The lowest BCUT2D eigenvalue weighted by Gasteiger charge is -2.29. The van der Waals surface area contributed by atoms with Crippen molar-refractivity contribution in [1.82, 2.24) is 10.2 Å². The summed E-state index contributed by atoms with van der Waals surface area (Å²) in [6.45, 7) is 8.61. The van der Waals surface area contributed by atoms with Crippen molar-refractivity contribution < 1.29 is 0 Å². The zero-order valence-corrected chi connectivity index (χ0v) is 13.2. The molecule has 2 fully saturated rings. The molecule has 0 bridgehead atoms. The summed E-state index contributed by atoms with van der Waals surface area (Å²) in [5, 5.41) is 3.77. The molecule has 2 aliphatic rings. The second-order valence-corrected chi connectivity index (χ2v) is 6.77. The molecule has 1 saturated carbocycles. The molecule has 0 aromatic heterocycles. The van der Waals surface area contributed by atoms with Gasteiger partial charge in [0.15, 0.2) is 0 Å². The van der Waals surface area contributed by atoms with Gasteiger partial charge < -0.3 is 10.2 Å². The Morgan fingerprint density at radius 2 is 1.95 bits per heavy atom. The fourth-order valence-corrected chi connectivity index (χ4v) is 3.98. The lowest BCUT2D eigenvalue weighted by molar-refractivity contribution is 0.192. The number of nitrogens with zero attached hydrogens (tertiary/aromatic N) is 1. The topological polar surface area (TPSA) is 15.3 Å². The predicted octanol–water partition coefficient (Wildman–Crippen LogP) is 3.81. The highest BCUT2D eigenvalue weighted by atomic mass is 15.1. The summed E-state index contributed by atoms with van der Waals surface area (Å²) < 4.78 is 0. The normalized spacial score (nSPS) is 33.5. The Morgan fingerprint density at radius 1 is 1.05 bits per heavy atom. The van der Waals surface area contributed by atoms with Crippen LogP contribution in [0.5, 0.6) is 0 Å². The van der Waals surface area contributed by atoms with Crippen molar-refractivity contribution in [3.8, 4) is 0 Å². The first-order valence-corrected chi connectivity index (χ1v) is 8.78. The highest BCUT2D eigenvalue weighted by Crippen LogP contribution is 2.29. The van der Waals surface area contributed by atoms with E-state index in [-0.39, 0.29) is 0 Å². The van der Waals surface area contributed by atoms with Crippen molar-refractivity contribution in [2.24, 2.45) is 5.92 Å². The van der Waals surface area contributed by atoms with Gasteiger partial charge in [0.25, 0.3) is 0 Å². The molecular formula is C17H34N2. The first-order valence-electron chi connectivity index (χ1n) is 8.78. The fraction of sp³-hybridized carbons (Fsp3) is 1.00. The fourth-order valence-electron chi connectivity index (χ4n) is 3.98. The second kappa shape index (κ2) is 8.26. The average Bonchev–Trinajstić information content (AvgIpc) is 2.76. The Bertz CT molecular complexity index is 241. The molecule has 0 aromatic carbocycles. The van der Waals surface area contributed by atoms with Gasteiger partial charge in [-0.25, -0.2) is 0 Å². The van der Waals surface area contributed by atoms with E-state index in [1.54, 1.807) is 0 Å². The molecule has 2 heteroatoms. The quantitative estimate of drug-likeness (QED) is 0.786. The van der Waals surface area contributed by atoms with E-state index in [4.69, 9.17) is 0 Å². The first kappa shape index (κ1) is 15.3. The maximum Gasteiger partial charge on any atom is 0.00958 e. The Kier molecular flexibility index (Phi) is 6.66. The Labute approximate surface area is 120 Å². The van der Waals surface area contributed by atoms with Gasteiger partial charge in [0.2, 0.25) is 0 Å². The second-order valence-electron chi connectivity index (χ2n) is 6.77. The molecule has 3 unspecified atom stereocenters. The summed E-state index contributed by atoms with van der Waals surface area (Å²) in [6, 6.07) is 1.65. The van der Waals surface area contributed by atoms with Gasteiger partial charge in [-0.3, -0.25) is 0 Å². The number of hydrogen-bond acceptors (Lipinski definition) is 2. The summed E-state index contributed by atoms with van der Waals surface area (Å²) >= 11 is 0. The minimum atomic E-state index is 0.822. The van der Waals surface area contributed by atoms with Crippen LogP contribution in [0, 0.1) is 5.92 Å². The SMILES string of the molecule is CCCNC1CCCC1CCN1CCCCCC1C. The third kappa shape index (κ3) is 4.75. The van der Waals surface area contributed by atoms with Crippen LogP contribution in [-0.2, 0) is 0 Å². The van der Waals surface area contributed by atoms with Crippen molar-refractivity contribution in [2.75, 3.05) is 19.6 Å². The zero-order chi connectivity index (χ0) is 13.5. The molecule has 1 N–H and O–H groups in total. The number of hydrogen-bond donors (Lipinski definition) is 1. The van der Waals surface area contributed by atoms with Gasteiger partial charge in [0, 0.05) is 12.1 Å². The van der Waals surface area contributed by atoms with Crippen LogP contribution < -0.4 is 5.32 Å². The smallest absolute Gasteiger partial charge is 0.00958 e. The van der Waals surface area contributed by atoms with E-state index < -0.39 is 0 Å². The van der Waals surface area contributed by atoms with Crippen LogP contribution in [0.25, 0.3) is 0 Å². The number of rotatable bonds is 6. The van der Waals surface area contributed by atoms with Crippen molar-refractivity contribution in [2.45, 2.75) is 83.7 Å².